The monoisotopic (exact) mass is 216 g/mol. The van der Waals surface area contributed by atoms with Crippen molar-refractivity contribution in [2.24, 2.45) is 4.99 Å². The van der Waals surface area contributed by atoms with Crippen LogP contribution < -0.4 is 5.32 Å². The number of benzene rings is 1. The fourth-order valence-corrected chi connectivity index (χ4v) is 2.00. The quantitative estimate of drug-likeness (QED) is 0.806. The van der Waals surface area contributed by atoms with E-state index in [4.69, 9.17) is 0 Å². The summed E-state index contributed by atoms with van der Waals surface area (Å²) in [5.74, 6) is 1.18. The Morgan fingerprint density at radius 3 is 2.56 bits per heavy atom. The van der Waals surface area contributed by atoms with Crippen molar-refractivity contribution in [1.82, 2.24) is 5.32 Å². The minimum atomic E-state index is 0.359. The van der Waals surface area contributed by atoms with Gasteiger partial charge in [0, 0.05) is 19.0 Å². The van der Waals surface area contributed by atoms with Crippen molar-refractivity contribution >= 4 is 5.84 Å². The van der Waals surface area contributed by atoms with Crippen LogP contribution in [0.4, 0.5) is 0 Å². The van der Waals surface area contributed by atoms with E-state index in [2.05, 4.69) is 48.4 Å². The molecule has 86 valence electrons. The fraction of sp³-hybridized carbons (Fsp3) is 0.500. The molecule has 1 N–H and O–H groups in total. The Bertz CT molecular complexity index is 365. The molecule has 0 aliphatic carbocycles. The summed E-state index contributed by atoms with van der Waals surface area (Å²) in [5.41, 5.74) is 2.64. The zero-order chi connectivity index (χ0) is 11.4. The second-order valence-electron chi connectivity index (χ2n) is 4.56. The minimum Gasteiger partial charge on any atom is -0.367 e. The van der Waals surface area contributed by atoms with Crippen molar-refractivity contribution in [2.45, 2.75) is 39.2 Å². The van der Waals surface area contributed by atoms with Crippen LogP contribution in [0.1, 0.15) is 43.4 Å². The lowest BCUT2D eigenvalue weighted by Gasteiger charge is -2.20. The summed E-state index contributed by atoms with van der Waals surface area (Å²) in [6.07, 6.45) is 3.62. The van der Waals surface area contributed by atoms with Crippen LogP contribution in [0.3, 0.4) is 0 Å². The standard InChI is InChI=1S/C14H20N2/c1-11-6-8-13(9-7-11)12(2)16-14-5-3-4-10-15-14/h6-9,12H,3-5,10H2,1-2H3,(H,15,16). The third-order valence-corrected chi connectivity index (χ3v) is 3.08. The number of aryl methyl sites for hydroxylation is 1. The number of hydrogen-bond donors (Lipinski definition) is 1. The van der Waals surface area contributed by atoms with Crippen LogP contribution in [-0.4, -0.2) is 12.4 Å². The number of nitrogens with zero attached hydrogens (tertiary/aromatic N) is 1. The minimum absolute atomic E-state index is 0.359. The summed E-state index contributed by atoms with van der Waals surface area (Å²) in [6.45, 7) is 5.30. The normalized spacial score (nSPS) is 17.8. The van der Waals surface area contributed by atoms with E-state index in [1.54, 1.807) is 0 Å². The highest BCUT2D eigenvalue weighted by atomic mass is 15.0. The van der Waals surface area contributed by atoms with E-state index in [0.29, 0.717) is 6.04 Å². The SMILES string of the molecule is Cc1ccc(C(C)NC2=NCCCC2)cc1. The molecule has 1 aliphatic rings. The molecule has 1 aromatic carbocycles. The third-order valence-electron chi connectivity index (χ3n) is 3.08. The van der Waals surface area contributed by atoms with Crippen LogP contribution in [-0.2, 0) is 0 Å². The lowest BCUT2D eigenvalue weighted by Crippen LogP contribution is -2.28. The van der Waals surface area contributed by atoms with Gasteiger partial charge in [0.15, 0.2) is 0 Å². The molecule has 1 aliphatic heterocycles. The summed E-state index contributed by atoms with van der Waals surface area (Å²) >= 11 is 0. The van der Waals surface area contributed by atoms with Gasteiger partial charge in [-0.15, -0.1) is 0 Å². The van der Waals surface area contributed by atoms with Crippen LogP contribution >= 0.6 is 0 Å². The predicted molar refractivity (Wildman–Crippen MR) is 68.9 cm³/mol. The van der Waals surface area contributed by atoms with Crippen molar-refractivity contribution in [3.63, 3.8) is 0 Å². The number of hydrogen-bond acceptors (Lipinski definition) is 2. The van der Waals surface area contributed by atoms with Crippen LogP contribution in [0.15, 0.2) is 29.3 Å². The number of amidine groups is 1. The molecule has 1 heterocycles. The molecule has 1 unspecified atom stereocenters. The molecule has 1 atom stereocenters. The van der Waals surface area contributed by atoms with Gasteiger partial charge in [0.2, 0.25) is 0 Å². The average molecular weight is 216 g/mol. The zero-order valence-corrected chi connectivity index (χ0v) is 10.2. The highest BCUT2D eigenvalue weighted by Crippen LogP contribution is 2.14. The summed E-state index contributed by atoms with van der Waals surface area (Å²) in [7, 11) is 0. The van der Waals surface area contributed by atoms with E-state index in [0.717, 1.165) is 13.0 Å². The molecule has 2 rings (SSSR count). The van der Waals surface area contributed by atoms with Gasteiger partial charge in [-0.3, -0.25) is 4.99 Å². The maximum atomic E-state index is 4.52. The lowest BCUT2D eigenvalue weighted by molar-refractivity contribution is 0.656. The van der Waals surface area contributed by atoms with Crippen molar-refractivity contribution in [3.8, 4) is 0 Å². The predicted octanol–water partition coefficient (Wildman–Crippen LogP) is 3.23. The zero-order valence-electron chi connectivity index (χ0n) is 10.2. The van der Waals surface area contributed by atoms with E-state index in [1.165, 1.54) is 29.8 Å². The molecule has 2 nitrogen and oxygen atoms in total. The third kappa shape index (κ3) is 2.84. The number of nitrogens with one attached hydrogen (secondary N) is 1. The Morgan fingerprint density at radius 2 is 1.94 bits per heavy atom. The smallest absolute Gasteiger partial charge is 0.0967 e. The van der Waals surface area contributed by atoms with Gasteiger partial charge in [0.1, 0.15) is 0 Å². The molecule has 0 saturated carbocycles. The van der Waals surface area contributed by atoms with Gasteiger partial charge in [-0.1, -0.05) is 29.8 Å². The van der Waals surface area contributed by atoms with E-state index in [9.17, 15) is 0 Å². The Hall–Kier alpha value is -1.31. The first-order valence-corrected chi connectivity index (χ1v) is 6.12. The summed E-state index contributed by atoms with van der Waals surface area (Å²) in [5, 5.41) is 3.50. The van der Waals surface area contributed by atoms with Gasteiger partial charge in [-0.25, -0.2) is 0 Å². The van der Waals surface area contributed by atoms with Crippen molar-refractivity contribution in [3.05, 3.63) is 35.4 Å². The van der Waals surface area contributed by atoms with Gasteiger partial charge >= 0.3 is 0 Å². The molecule has 0 saturated heterocycles. The van der Waals surface area contributed by atoms with Crippen molar-refractivity contribution < 1.29 is 0 Å². The molecule has 0 bridgehead atoms. The summed E-state index contributed by atoms with van der Waals surface area (Å²) in [6, 6.07) is 9.07. The lowest BCUT2D eigenvalue weighted by atomic mass is 10.1. The highest BCUT2D eigenvalue weighted by Gasteiger charge is 2.09. The van der Waals surface area contributed by atoms with Crippen LogP contribution in [0, 0.1) is 6.92 Å². The molecule has 0 aromatic heterocycles. The summed E-state index contributed by atoms with van der Waals surface area (Å²) in [4.78, 5) is 4.52. The van der Waals surface area contributed by atoms with Crippen molar-refractivity contribution in [2.75, 3.05) is 6.54 Å². The van der Waals surface area contributed by atoms with E-state index >= 15 is 0 Å². The highest BCUT2D eigenvalue weighted by molar-refractivity contribution is 5.83. The van der Waals surface area contributed by atoms with E-state index in [1.807, 2.05) is 0 Å². The van der Waals surface area contributed by atoms with Gasteiger partial charge < -0.3 is 5.32 Å². The Kier molecular flexibility index (Phi) is 3.60. The maximum absolute atomic E-state index is 4.52. The molecule has 0 spiro atoms. The first-order chi connectivity index (χ1) is 7.75. The topological polar surface area (TPSA) is 24.4 Å². The molecule has 16 heavy (non-hydrogen) atoms. The second-order valence-corrected chi connectivity index (χ2v) is 4.56. The molecular weight excluding hydrogens is 196 g/mol. The Balaban J connectivity index is 1.99. The molecule has 1 aromatic rings. The molecule has 0 radical (unpaired) electrons. The molecular formula is C14H20N2. The number of rotatable bonds is 2. The second kappa shape index (κ2) is 5.15. The van der Waals surface area contributed by atoms with Gasteiger partial charge in [-0.05, 0) is 32.3 Å². The molecule has 0 amide bonds. The van der Waals surface area contributed by atoms with E-state index in [-0.39, 0.29) is 0 Å². The molecule has 0 fully saturated rings. The van der Waals surface area contributed by atoms with Gasteiger partial charge in [-0.2, -0.15) is 0 Å². The van der Waals surface area contributed by atoms with Crippen molar-refractivity contribution in [1.29, 1.82) is 0 Å². The first kappa shape index (κ1) is 11.2. The van der Waals surface area contributed by atoms with Gasteiger partial charge in [0.05, 0.1) is 5.84 Å². The Labute approximate surface area is 97.8 Å². The van der Waals surface area contributed by atoms with E-state index < -0.39 is 0 Å². The van der Waals surface area contributed by atoms with Crippen LogP contribution in [0.5, 0.6) is 0 Å². The van der Waals surface area contributed by atoms with Gasteiger partial charge in [0.25, 0.3) is 0 Å². The molecule has 2 heteroatoms. The van der Waals surface area contributed by atoms with Crippen LogP contribution in [0.2, 0.25) is 0 Å². The van der Waals surface area contributed by atoms with Crippen LogP contribution in [0.25, 0.3) is 0 Å². The fourth-order valence-electron chi connectivity index (χ4n) is 2.00. The average Bonchev–Trinajstić information content (AvgIpc) is 2.31. The largest absolute Gasteiger partial charge is 0.367 e. The first-order valence-electron chi connectivity index (χ1n) is 6.12. The Morgan fingerprint density at radius 1 is 1.19 bits per heavy atom. The summed E-state index contributed by atoms with van der Waals surface area (Å²) < 4.78 is 0. The maximum Gasteiger partial charge on any atom is 0.0967 e. The number of aliphatic imine (C=N–C) groups is 1.